The van der Waals surface area contributed by atoms with Crippen molar-refractivity contribution in [2.75, 3.05) is 28.6 Å². The zero-order chi connectivity index (χ0) is 27.4. The van der Waals surface area contributed by atoms with E-state index in [1.807, 2.05) is 4.90 Å². The molecule has 3 N–H and O–H groups in total. The van der Waals surface area contributed by atoms with E-state index in [1.54, 1.807) is 67.6 Å². The van der Waals surface area contributed by atoms with E-state index in [4.69, 9.17) is 20.8 Å². The van der Waals surface area contributed by atoms with Crippen LogP contribution in [0.2, 0.25) is 5.02 Å². The minimum atomic E-state index is -0.773. The highest BCUT2D eigenvalue weighted by atomic mass is 35.5. The summed E-state index contributed by atoms with van der Waals surface area (Å²) in [6.45, 7) is 2.96. The Morgan fingerprint density at radius 3 is 2.23 bits per heavy atom. The van der Waals surface area contributed by atoms with Crippen molar-refractivity contribution >= 4 is 46.7 Å². The number of aliphatic carboxylic acids is 1. The van der Waals surface area contributed by atoms with Crippen LogP contribution in [0.25, 0.3) is 0 Å². The smallest absolute Gasteiger partial charge is 0.320 e. The SMILES string of the molecule is CC1(C(=O)O)CCN(c2ccc(NC(=O)c3nnc(Nc4ccc(Oc5ccc(Cl)cc5)cc4)o3)cn2)CC1. The van der Waals surface area contributed by atoms with Crippen LogP contribution in [0.5, 0.6) is 11.5 Å². The summed E-state index contributed by atoms with van der Waals surface area (Å²) in [6, 6.07) is 17.7. The number of hydrogen-bond donors (Lipinski definition) is 3. The van der Waals surface area contributed by atoms with Gasteiger partial charge in [-0.25, -0.2) is 4.98 Å². The lowest BCUT2D eigenvalue weighted by molar-refractivity contribution is -0.149. The number of carbonyl (C=O) groups excluding carboxylic acids is 1. The normalized spacial score (nSPS) is 14.5. The molecule has 1 saturated heterocycles. The Hall–Kier alpha value is -4.64. The van der Waals surface area contributed by atoms with Gasteiger partial charge in [-0.3, -0.25) is 9.59 Å². The minimum Gasteiger partial charge on any atom is -0.481 e. The van der Waals surface area contributed by atoms with Gasteiger partial charge < -0.3 is 29.8 Å². The first kappa shape index (κ1) is 26.0. The van der Waals surface area contributed by atoms with Gasteiger partial charge in [0, 0.05) is 23.8 Å². The summed E-state index contributed by atoms with van der Waals surface area (Å²) in [7, 11) is 0. The van der Waals surface area contributed by atoms with E-state index in [2.05, 4.69) is 25.8 Å². The van der Waals surface area contributed by atoms with Gasteiger partial charge in [-0.2, -0.15) is 0 Å². The maximum Gasteiger partial charge on any atom is 0.320 e. The van der Waals surface area contributed by atoms with E-state index in [-0.39, 0.29) is 11.9 Å². The van der Waals surface area contributed by atoms with Crippen LogP contribution in [0.3, 0.4) is 0 Å². The number of nitrogens with zero attached hydrogens (tertiary/aromatic N) is 4. The van der Waals surface area contributed by atoms with Crippen molar-refractivity contribution in [3.05, 3.63) is 77.8 Å². The fourth-order valence-electron chi connectivity index (χ4n) is 4.01. The van der Waals surface area contributed by atoms with Crippen molar-refractivity contribution in [3.63, 3.8) is 0 Å². The van der Waals surface area contributed by atoms with Crippen LogP contribution in [-0.2, 0) is 4.79 Å². The molecule has 1 aliphatic heterocycles. The highest BCUT2D eigenvalue weighted by Crippen LogP contribution is 2.33. The number of carboxylic acids is 1. The molecule has 11 nitrogen and oxygen atoms in total. The van der Waals surface area contributed by atoms with Crippen LogP contribution >= 0.6 is 11.6 Å². The van der Waals surface area contributed by atoms with Gasteiger partial charge in [0.2, 0.25) is 0 Å². The van der Waals surface area contributed by atoms with Crippen LogP contribution in [0, 0.1) is 5.41 Å². The Balaban J connectivity index is 1.13. The number of nitrogens with one attached hydrogen (secondary N) is 2. The molecule has 0 unspecified atom stereocenters. The molecular weight excluding hydrogens is 524 g/mol. The van der Waals surface area contributed by atoms with Gasteiger partial charge >= 0.3 is 23.8 Å². The standard InChI is InChI=1S/C27H25ClN6O5/c1-27(25(36)37)12-14-34(15-13-27)22-11-6-19(16-29-22)30-23(35)24-32-33-26(39-24)31-18-4-9-21(10-5-18)38-20-7-2-17(28)3-8-20/h2-11,16H,12-15H2,1H3,(H,30,35)(H,31,33)(H,36,37). The molecule has 12 heteroatoms. The third-order valence-corrected chi connectivity index (χ3v) is 6.74. The Morgan fingerprint density at radius 2 is 1.62 bits per heavy atom. The predicted molar refractivity (Wildman–Crippen MR) is 145 cm³/mol. The number of hydrogen-bond acceptors (Lipinski definition) is 9. The molecule has 0 radical (unpaired) electrons. The van der Waals surface area contributed by atoms with E-state index in [1.165, 1.54) is 6.20 Å². The third kappa shape index (κ3) is 6.27. The van der Waals surface area contributed by atoms with E-state index in [0.29, 0.717) is 59.6 Å². The molecule has 0 bridgehead atoms. The van der Waals surface area contributed by atoms with Gasteiger partial charge in [0.15, 0.2) is 0 Å². The highest BCUT2D eigenvalue weighted by molar-refractivity contribution is 6.30. The molecule has 0 atom stereocenters. The van der Waals surface area contributed by atoms with E-state index in [9.17, 15) is 14.7 Å². The van der Waals surface area contributed by atoms with Crippen molar-refractivity contribution in [2.24, 2.45) is 5.41 Å². The number of aromatic nitrogens is 3. The number of rotatable bonds is 8. The van der Waals surface area contributed by atoms with Gasteiger partial charge in [0.05, 0.1) is 17.3 Å². The maximum atomic E-state index is 12.6. The number of ether oxygens (including phenoxy) is 1. The van der Waals surface area contributed by atoms with Crippen molar-refractivity contribution in [3.8, 4) is 11.5 Å². The lowest BCUT2D eigenvalue weighted by Gasteiger charge is -2.37. The fraction of sp³-hybridized carbons (Fsp3) is 0.222. The molecule has 1 aliphatic rings. The van der Waals surface area contributed by atoms with Crippen LogP contribution in [0.4, 0.5) is 23.2 Å². The Morgan fingerprint density at radius 1 is 0.974 bits per heavy atom. The number of halogens is 1. The summed E-state index contributed by atoms with van der Waals surface area (Å²) in [5.41, 5.74) is 0.410. The van der Waals surface area contributed by atoms with Crippen LogP contribution in [-0.4, -0.2) is 45.3 Å². The van der Waals surface area contributed by atoms with Gasteiger partial charge in [0.25, 0.3) is 0 Å². The fourth-order valence-corrected chi connectivity index (χ4v) is 4.13. The molecule has 2 aromatic carbocycles. The largest absolute Gasteiger partial charge is 0.481 e. The van der Waals surface area contributed by atoms with Gasteiger partial charge in [-0.1, -0.05) is 16.7 Å². The lowest BCUT2D eigenvalue weighted by atomic mass is 9.80. The maximum absolute atomic E-state index is 12.6. The zero-order valence-corrected chi connectivity index (χ0v) is 21.7. The molecule has 2 aromatic heterocycles. The molecule has 3 heterocycles. The van der Waals surface area contributed by atoms with E-state index >= 15 is 0 Å². The summed E-state index contributed by atoms with van der Waals surface area (Å²) < 4.78 is 11.2. The molecule has 39 heavy (non-hydrogen) atoms. The molecule has 200 valence electrons. The van der Waals surface area contributed by atoms with Crippen LogP contribution < -0.4 is 20.3 Å². The topological polar surface area (TPSA) is 143 Å². The van der Waals surface area contributed by atoms with Gasteiger partial charge in [-0.15, -0.1) is 5.10 Å². The van der Waals surface area contributed by atoms with Crippen molar-refractivity contribution in [1.29, 1.82) is 0 Å². The number of carboxylic acid groups (broad SMARTS) is 1. The summed E-state index contributed by atoms with van der Waals surface area (Å²) in [6.07, 6.45) is 2.61. The summed E-state index contributed by atoms with van der Waals surface area (Å²) in [5, 5.41) is 23.3. The summed E-state index contributed by atoms with van der Waals surface area (Å²) in [4.78, 5) is 30.5. The van der Waals surface area contributed by atoms with Crippen LogP contribution in [0.1, 0.15) is 30.5 Å². The molecule has 5 rings (SSSR count). The molecule has 0 aliphatic carbocycles. The number of piperidine rings is 1. The number of anilines is 4. The lowest BCUT2D eigenvalue weighted by Crippen LogP contribution is -2.43. The molecule has 1 amide bonds. The average molecular weight is 549 g/mol. The Labute approximate surface area is 228 Å². The van der Waals surface area contributed by atoms with Crippen LogP contribution in [0.15, 0.2) is 71.3 Å². The summed E-state index contributed by atoms with van der Waals surface area (Å²) >= 11 is 5.89. The predicted octanol–water partition coefficient (Wildman–Crippen LogP) is 5.60. The molecule has 1 fully saturated rings. The minimum absolute atomic E-state index is 0.0541. The number of carbonyl (C=O) groups is 2. The number of pyridine rings is 1. The Bertz CT molecular complexity index is 1450. The van der Waals surface area contributed by atoms with Crippen molar-refractivity contribution < 1.29 is 23.8 Å². The molecule has 0 spiro atoms. The van der Waals surface area contributed by atoms with Crippen molar-refractivity contribution in [2.45, 2.75) is 19.8 Å². The molecular formula is C27H25ClN6O5. The number of benzene rings is 2. The monoisotopic (exact) mass is 548 g/mol. The summed E-state index contributed by atoms with van der Waals surface area (Å²) in [5.74, 6) is 0.444. The highest BCUT2D eigenvalue weighted by Gasteiger charge is 2.37. The third-order valence-electron chi connectivity index (χ3n) is 6.49. The molecule has 4 aromatic rings. The first-order chi connectivity index (χ1) is 18.8. The first-order valence-corrected chi connectivity index (χ1v) is 12.5. The quantitative estimate of drug-likeness (QED) is 0.254. The molecule has 0 saturated carbocycles. The second-order valence-electron chi connectivity index (χ2n) is 9.33. The second kappa shape index (κ2) is 11.0. The zero-order valence-electron chi connectivity index (χ0n) is 20.9. The van der Waals surface area contributed by atoms with E-state index < -0.39 is 17.3 Å². The van der Waals surface area contributed by atoms with Crippen molar-refractivity contribution in [1.82, 2.24) is 15.2 Å². The van der Waals surface area contributed by atoms with E-state index in [0.717, 1.165) is 0 Å². The number of amides is 1. The second-order valence-corrected chi connectivity index (χ2v) is 9.77. The first-order valence-electron chi connectivity index (χ1n) is 12.2. The van der Waals surface area contributed by atoms with Gasteiger partial charge in [-0.05, 0) is 80.4 Å². The Kier molecular flexibility index (Phi) is 7.33. The van der Waals surface area contributed by atoms with Gasteiger partial charge in [0.1, 0.15) is 17.3 Å². The average Bonchev–Trinajstić information content (AvgIpc) is 3.41.